The van der Waals surface area contributed by atoms with Crippen molar-refractivity contribution in [2.75, 3.05) is 44.3 Å². The summed E-state index contributed by atoms with van der Waals surface area (Å²) in [5.74, 6) is 0.560. The molecule has 202 valence electrons. The van der Waals surface area contributed by atoms with Crippen LogP contribution >= 0.6 is 0 Å². The van der Waals surface area contributed by atoms with E-state index in [1.807, 2.05) is 26.0 Å². The van der Waals surface area contributed by atoms with Crippen molar-refractivity contribution in [1.29, 1.82) is 0 Å². The molecule has 4 heterocycles. The summed E-state index contributed by atoms with van der Waals surface area (Å²) >= 11 is 0. The zero-order chi connectivity index (χ0) is 26.6. The lowest BCUT2D eigenvalue weighted by atomic mass is 9.98. The first-order chi connectivity index (χ1) is 18.4. The van der Waals surface area contributed by atoms with Crippen molar-refractivity contribution in [2.24, 2.45) is 5.92 Å². The van der Waals surface area contributed by atoms with Gasteiger partial charge in [0, 0.05) is 29.4 Å². The van der Waals surface area contributed by atoms with Crippen LogP contribution in [0.15, 0.2) is 42.7 Å². The molecule has 0 aliphatic carbocycles. The van der Waals surface area contributed by atoms with Crippen molar-refractivity contribution in [3.05, 3.63) is 65.7 Å². The molecule has 0 spiro atoms. The van der Waals surface area contributed by atoms with Crippen LogP contribution in [0.1, 0.15) is 45.0 Å². The normalized spacial score (nSPS) is 16.4. The van der Waals surface area contributed by atoms with E-state index in [0.29, 0.717) is 54.6 Å². The fourth-order valence-electron chi connectivity index (χ4n) is 5.26. The number of anilines is 1. The second-order valence-electron chi connectivity index (χ2n) is 10.4. The molecule has 0 saturated carbocycles. The van der Waals surface area contributed by atoms with Gasteiger partial charge in [0.15, 0.2) is 11.6 Å². The Morgan fingerprint density at radius 1 is 1.00 bits per heavy atom. The van der Waals surface area contributed by atoms with Gasteiger partial charge in [0.05, 0.1) is 31.2 Å². The maximum absolute atomic E-state index is 15.0. The van der Waals surface area contributed by atoms with Gasteiger partial charge < -0.3 is 19.3 Å². The maximum atomic E-state index is 15.0. The Kier molecular flexibility index (Phi) is 8.07. The van der Waals surface area contributed by atoms with E-state index in [1.165, 1.54) is 12.3 Å². The molecule has 38 heavy (non-hydrogen) atoms. The van der Waals surface area contributed by atoms with Crippen LogP contribution in [0.4, 0.5) is 14.5 Å². The fourth-order valence-corrected chi connectivity index (χ4v) is 5.26. The van der Waals surface area contributed by atoms with E-state index >= 15 is 0 Å². The molecule has 1 fully saturated rings. The molecule has 0 amide bonds. The van der Waals surface area contributed by atoms with Crippen molar-refractivity contribution in [1.82, 2.24) is 14.9 Å². The second kappa shape index (κ2) is 11.6. The molecule has 1 saturated heterocycles. The van der Waals surface area contributed by atoms with Crippen LogP contribution in [0.25, 0.3) is 11.1 Å². The monoisotopic (exact) mass is 522 g/mol. The third kappa shape index (κ3) is 5.90. The van der Waals surface area contributed by atoms with E-state index in [9.17, 15) is 8.78 Å². The number of likely N-dealkylation sites (tertiary alicyclic amines) is 1. The Hall–Kier alpha value is -3.26. The summed E-state index contributed by atoms with van der Waals surface area (Å²) in [5, 5.41) is 0. The summed E-state index contributed by atoms with van der Waals surface area (Å²) in [6, 6.07) is 8.81. The van der Waals surface area contributed by atoms with Gasteiger partial charge in [-0.15, -0.1) is 0 Å². The van der Waals surface area contributed by atoms with Gasteiger partial charge in [-0.1, -0.05) is 6.92 Å². The van der Waals surface area contributed by atoms with Crippen molar-refractivity contribution >= 4 is 5.69 Å². The van der Waals surface area contributed by atoms with Gasteiger partial charge in [0.1, 0.15) is 18.2 Å². The van der Waals surface area contributed by atoms with E-state index in [-0.39, 0.29) is 11.8 Å². The van der Waals surface area contributed by atoms with E-state index < -0.39 is 11.6 Å². The zero-order valence-corrected chi connectivity index (χ0v) is 22.4. The third-order valence-electron chi connectivity index (χ3n) is 7.56. The molecule has 1 aromatic carbocycles. The van der Waals surface area contributed by atoms with Gasteiger partial charge in [-0.2, -0.15) is 0 Å². The highest BCUT2D eigenvalue weighted by atomic mass is 19.1. The molecular weight excluding hydrogens is 486 g/mol. The second-order valence-corrected chi connectivity index (χ2v) is 10.4. The minimum atomic E-state index is -0.498. The maximum Gasteiger partial charge on any atom is 0.178 e. The van der Waals surface area contributed by atoms with Crippen LogP contribution in [0.5, 0.6) is 11.5 Å². The van der Waals surface area contributed by atoms with Crippen LogP contribution in [0, 0.1) is 17.6 Å². The number of pyridine rings is 2. The Bertz CT molecular complexity index is 1240. The van der Waals surface area contributed by atoms with Gasteiger partial charge in [-0.05, 0) is 88.1 Å². The summed E-state index contributed by atoms with van der Waals surface area (Å²) < 4.78 is 41.4. The van der Waals surface area contributed by atoms with Gasteiger partial charge in [-0.25, -0.2) is 8.78 Å². The van der Waals surface area contributed by atoms with E-state index in [0.717, 1.165) is 43.9 Å². The largest absolute Gasteiger partial charge is 0.492 e. The number of benzene rings is 1. The van der Waals surface area contributed by atoms with E-state index in [2.05, 4.69) is 26.7 Å². The number of rotatable bonds is 8. The van der Waals surface area contributed by atoms with Crippen LogP contribution in [-0.2, 0) is 6.42 Å². The van der Waals surface area contributed by atoms with Crippen LogP contribution in [-0.4, -0.2) is 60.3 Å². The summed E-state index contributed by atoms with van der Waals surface area (Å²) in [7, 11) is 0. The molecule has 0 N–H and O–H groups in total. The lowest BCUT2D eigenvalue weighted by molar-refractivity contribution is 0.145. The number of piperidine rings is 1. The smallest absolute Gasteiger partial charge is 0.178 e. The highest BCUT2D eigenvalue weighted by Crippen LogP contribution is 2.39. The SMILES string of the molecule is CCN1CCC(COc2ccc(Cc3cc(-c4cc(F)c5c(c4)N(C(C)C)CCO5)c(F)cn3)nc2)CC1. The lowest BCUT2D eigenvalue weighted by Crippen LogP contribution is -2.38. The topological polar surface area (TPSA) is 50.7 Å². The average molecular weight is 523 g/mol. The molecule has 0 bridgehead atoms. The summed E-state index contributed by atoms with van der Waals surface area (Å²) in [5.41, 5.74) is 2.86. The molecule has 5 rings (SSSR count). The first kappa shape index (κ1) is 26.4. The lowest BCUT2D eigenvalue weighted by Gasteiger charge is -2.35. The number of halogens is 2. The molecule has 0 radical (unpaired) electrons. The number of nitrogens with zero attached hydrogens (tertiary/aromatic N) is 4. The molecule has 0 unspecified atom stereocenters. The Morgan fingerprint density at radius 2 is 1.79 bits per heavy atom. The number of ether oxygens (including phenoxy) is 2. The average Bonchev–Trinajstić information content (AvgIpc) is 2.93. The zero-order valence-electron chi connectivity index (χ0n) is 22.4. The highest BCUT2D eigenvalue weighted by Gasteiger charge is 2.25. The molecule has 2 aliphatic rings. The summed E-state index contributed by atoms with van der Waals surface area (Å²) in [4.78, 5) is 13.4. The van der Waals surface area contributed by atoms with Crippen LogP contribution < -0.4 is 14.4 Å². The first-order valence-electron chi connectivity index (χ1n) is 13.6. The van der Waals surface area contributed by atoms with Crippen LogP contribution in [0.2, 0.25) is 0 Å². The minimum Gasteiger partial charge on any atom is -0.492 e. The van der Waals surface area contributed by atoms with Crippen molar-refractivity contribution in [2.45, 2.75) is 46.1 Å². The first-order valence-corrected chi connectivity index (χ1v) is 13.6. The number of hydrogen-bond acceptors (Lipinski definition) is 6. The van der Waals surface area contributed by atoms with Crippen LogP contribution in [0.3, 0.4) is 0 Å². The Balaban J connectivity index is 1.28. The van der Waals surface area contributed by atoms with Gasteiger partial charge in [0.25, 0.3) is 0 Å². The van der Waals surface area contributed by atoms with Crippen molar-refractivity contribution in [3.63, 3.8) is 0 Å². The molecule has 2 aromatic heterocycles. The van der Waals surface area contributed by atoms with Crippen molar-refractivity contribution < 1.29 is 18.3 Å². The van der Waals surface area contributed by atoms with E-state index in [1.54, 1.807) is 18.3 Å². The molecule has 2 aliphatic heterocycles. The number of fused-ring (bicyclic) bond motifs is 1. The number of hydrogen-bond donors (Lipinski definition) is 0. The predicted octanol–water partition coefficient (Wildman–Crippen LogP) is 5.73. The standard InChI is InChI=1S/C30H36F2N4O2/c1-4-35-9-7-21(8-10-35)19-38-25-6-5-23(33-17-25)15-24-16-26(28(32)18-34-24)22-13-27(31)30-29(14-22)36(20(2)3)11-12-37-30/h5-6,13-14,16-18,20-21H,4,7-12,15,19H2,1-3H3. The molecule has 6 nitrogen and oxygen atoms in total. The van der Waals surface area contributed by atoms with Gasteiger partial charge in [-0.3, -0.25) is 9.97 Å². The molecule has 0 atom stereocenters. The van der Waals surface area contributed by atoms with Gasteiger partial charge in [0.2, 0.25) is 0 Å². The summed E-state index contributed by atoms with van der Waals surface area (Å²) in [6.07, 6.45) is 5.68. The van der Waals surface area contributed by atoms with E-state index in [4.69, 9.17) is 9.47 Å². The summed E-state index contributed by atoms with van der Waals surface area (Å²) in [6.45, 7) is 11.5. The fraction of sp³-hybridized carbons (Fsp3) is 0.467. The number of aromatic nitrogens is 2. The quantitative estimate of drug-likeness (QED) is 0.377. The Morgan fingerprint density at radius 3 is 2.50 bits per heavy atom. The third-order valence-corrected chi connectivity index (χ3v) is 7.56. The van der Waals surface area contributed by atoms with Gasteiger partial charge >= 0.3 is 0 Å². The molecule has 3 aromatic rings. The minimum absolute atomic E-state index is 0.164. The van der Waals surface area contributed by atoms with Crippen molar-refractivity contribution in [3.8, 4) is 22.6 Å². The molecule has 8 heteroatoms. The predicted molar refractivity (Wildman–Crippen MR) is 145 cm³/mol. The molecular formula is C30H36F2N4O2. The highest BCUT2D eigenvalue weighted by molar-refractivity contribution is 5.74. The Labute approximate surface area is 223 Å².